The number of aromatic carboxylic acids is 1. The van der Waals surface area contributed by atoms with Crippen molar-refractivity contribution >= 4 is 11.7 Å². The Balaban J connectivity index is 2.27. The molecule has 98 valence electrons. The molecule has 0 bridgehead atoms. The largest absolute Gasteiger partial charge is 0.476 e. The summed E-state index contributed by atoms with van der Waals surface area (Å²) in [7, 11) is 0. The number of hydrogen-bond donors (Lipinski definition) is 2. The number of hydrogen-bond acceptors (Lipinski definition) is 3. The van der Waals surface area contributed by atoms with E-state index in [9.17, 15) is 4.79 Å². The van der Waals surface area contributed by atoms with Gasteiger partial charge >= 0.3 is 5.97 Å². The number of rotatable bonds is 5. The Kier molecular flexibility index (Phi) is 4.13. The van der Waals surface area contributed by atoms with Crippen molar-refractivity contribution < 1.29 is 9.90 Å². The van der Waals surface area contributed by atoms with Gasteiger partial charge in [0.2, 0.25) is 0 Å². The van der Waals surface area contributed by atoms with E-state index < -0.39 is 5.97 Å². The van der Waals surface area contributed by atoms with E-state index in [1.54, 1.807) is 12.1 Å². The number of anilines is 1. The molecule has 2 rings (SSSR count). The molecule has 1 atom stereocenters. The van der Waals surface area contributed by atoms with Crippen LogP contribution in [0.5, 0.6) is 0 Å². The number of carboxylic acid groups (broad SMARTS) is 1. The fraction of sp³-hybridized carbons (Fsp3) is 0.200. The average molecular weight is 256 g/mol. The van der Waals surface area contributed by atoms with Crippen molar-refractivity contribution in [2.75, 3.05) is 5.32 Å². The Bertz CT molecular complexity index is 555. The van der Waals surface area contributed by atoms with E-state index in [0.717, 1.165) is 12.0 Å². The summed E-state index contributed by atoms with van der Waals surface area (Å²) in [6.07, 6.45) is 2.34. The van der Waals surface area contributed by atoms with E-state index in [1.165, 1.54) is 6.20 Å². The molecule has 1 aromatic heterocycles. The van der Waals surface area contributed by atoms with Crippen molar-refractivity contribution in [3.8, 4) is 0 Å². The van der Waals surface area contributed by atoms with Crippen molar-refractivity contribution in [3.63, 3.8) is 0 Å². The SMILES string of the molecule is CCC(Nc1cccnc1C(=O)O)c1ccccc1. The van der Waals surface area contributed by atoms with E-state index in [2.05, 4.69) is 17.2 Å². The summed E-state index contributed by atoms with van der Waals surface area (Å²) in [5.74, 6) is -1.02. The molecule has 1 heterocycles. The summed E-state index contributed by atoms with van der Waals surface area (Å²) < 4.78 is 0. The zero-order valence-electron chi connectivity index (χ0n) is 10.7. The highest BCUT2D eigenvalue weighted by atomic mass is 16.4. The predicted molar refractivity (Wildman–Crippen MR) is 74.3 cm³/mol. The second-order valence-electron chi connectivity index (χ2n) is 4.22. The van der Waals surface area contributed by atoms with Crippen molar-refractivity contribution in [1.29, 1.82) is 0 Å². The topological polar surface area (TPSA) is 62.2 Å². The minimum absolute atomic E-state index is 0.0527. The van der Waals surface area contributed by atoms with Gasteiger partial charge in [-0.3, -0.25) is 0 Å². The lowest BCUT2D eigenvalue weighted by Crippen LogP contribution is -2.13. The molecule has 1 aromatic carbocycles. The molecular weight excluding hydrogens is 240 g/mol. The van der Waals surface area contributed by atoms with Gasteiger partial charge in [-0.25, -0.2) is 9.78 Å². The van der Waals surface area contributed by atoms with Crippen LogP contribution in [0.25, 0.3) is 0 Å². The van der Waals surface area contributed by atoms with Crippen LogP contribution in [0.3, 0.4) is 0 Å². The maximum absolute atomic E-state index is 11.1. The molecule has 0 spiro atoms. The molecule has 0 saturated heterocycles. The number of nitrogens with one attached hydrogen (secondary N) is 1. The molecule has 0 saturated carbocycles. The maximum atomic E-state index is 11.1. The predicted octanol–water partition coefficient (Wildman–Crippen LogP) is 3.34. The highest BCUT2D eigenvalue weighted by Crippen LogP contribution is 2.23. The Hall–Kier alpha value is -2.36. The van der Waals surface area contributed by atoms with Gasteiger partial charge in [-0.1, -0.05) is 37.3 Å². The number of pyridine rings is 1. The molecule has 4 heteroatoms. The zero-order chi connectivity index (χ0) is 13.7. The first-order valence-electron chi connectivity index (χ1n) is 6.22. The zero-order valence-corrected chi connectivity index (χ0v) is 10.7. The van der Waals surface area contributed by atoms with Gasteiger partial charge in [0.15, 0.2) is 5.69 Å². The highest BCUT2D eigenvalue weighted by molar-refractivity contribution is 5.91. The van der Waals surface area contributed by atoms with Crippen LogP contribution in [0.4, 0.5) is 5.69 Å². The van der Waals surface area contributed by atoms with Crippen molar-refractivity contribution in [3.05, 3.63) is 59.9 Å². The number of benzene rings is 1. The Morgan fingerprint density at radius 2 is 2.00 bits per heavy atom. The second kappa shape index (κ2) is 6.00. The molecule has 2 aromatic rings. The highest BCUT2D eigenvalue weighted by Gasteiger charge is 2.15. The van der Waals surface area contributed by atoms with Crippen LogP contribution in [0.2, 0.25) is 0 Å². The van der Waals surface area contributed by atoms with E-state index in [0.29, 0.717) is 5.69 Å². The molecule has 4 nitrogen and oxygen atoms in total. The summed E-state index contributed by atoms with van der Waals surface area (Å²) in [5.41, 5.74) is 1.73. The summed E-state index contributed by atoms with van der Waals surface area (Å²) in [6, 6.07) is 13.5. The van der Waals surface area contributed by atoms with Crippen molar-refractivity contribution in [2.24, 2.45) is 0 Å². The molecule has 1 unspecified atom stereocenters. The average Bonchev–Trinajstić information content (AvgIpc) is 2.46. The van der Waals surface area contributed by atoms with Gasteiger partial charge in [0, 0.05) is 6.20 Å². The van der Waals surface area contributed by atoms with E-state index in [-0.39, 0.29) is 11.7 Å². The van der Waals surface area contributed by atoms with Gasteiger partial charge < -0.3 is 10.4 Å². The molecule has 0 fully saturated rings. The lowest BCUT2D eigenvalue weighted by molar-refractivity contribution is 0.0691. The van der Waals surface area contributed by atoms with E-state index in [1.807, 2.05) is 30.3 Å². The summed E-state index contributed by atoms with van der Waals surface area (Å²) >= 11 is 0. The minimum atomic E-state index is -1.02. The van der Waals surface area contributed by atoms with Crippen LogP contribution in [-0.4, -0.2) is 16.1 Å². The number of carboxylic acids is 1. The maximum Gasteiger partial charge on any atom is 0.356 e. The lowest BCUT2D eigenvalue weighted by atomic mass is 10.0. The summed E-state index contributed by atoms with van der Waals surface area (Å²) in [6.45, 7) is 2.06. The van der Waals surface area contributed by atoms with Crippen LogP contribution in [0, 0.1) is 0 Å². The van der Waals surface area contributed by atoms with Crippen LogP contribution < -0.4 is 5.32 Å². The fourth-order valence-corrected chi connectivity index (χ4v) is 1.99. The van der Waals surface area contributed by atoms with Gasteiger partial charge in [0.25, 0.3) is 0 Å². The summed E-state index contributed by atoms with van der Waals surface area (Å²) in [5, 5.41) is 12.4. The molecule has 0 aliphatic carbocycles. The summed E-state index contributed by atoms with van der Waals surface area (Å²) in [4.78, 5) is 15.0. The molecule has 19 heavy (non-hydrogen) atoms. The van der Waals surface area contributed by atoms with Gasteiger partial charge in [-0.2, -0.15) is 0 Å². The standard InChI is InChI=1S/C15H16N2O2/c1-2-12(11-7-4-3-5-8-11)17-13-9-6-10-16-14(13)15(18)19/h3-10,12,17H,2H2,1H3,(H,18,19). The molecule has 0 aliphatic heterocycles. The first-order chi connectivity index (χ1) is 9.22. The molecular formula is C15H16N2O2. The minimum Gasteiger partial charge on any atom is -0.476 e. The lowest BCUT2D eigenvalue weighted by Gasteiger charge is -2.19. The third-order valence-electron chi connectivity index (χ3n) is 2.95. The number of aromatic nitrogens is 1. The van der Waals surface area contributed by atoms with Crippen LogP contribution >= 0.6 is 0 Å². The Labute approximate surface area is 112 Å². The molecule has 0 amide bonds. The molecule has 2 N–H and O–H groups in total. The van der Waals surface area contributed by atoms with Crippen LogP contribution in [0.15, 0.2) is 48.7 Å². The smallest absolute Gasteiger partial charge is 0.356 e. The van der Waals surface area contributed by atoms with Gasteiger partial charge in [0.05, 0.1) is 11.7 Å². The third-order valence-corrected chi connectivity index (χ3v) is 2.95. The van der Waals surface area contributed by atoms with Crippen LogP contribution in [-0.2, 0) is 0 Å². The van der Waals surface area contributed by atoms with Crippen molar-refractivity contribution in [2.45, 2.75) is 19.4 Å². The third kappa shape index (κ3) is 3.10. The normalized spacial score (nSPS) is 11.8. The molecule has 0 aliphatic rings. The first kappa shape index (κ1) is 13.1. The monoisotopic (exact) mass is 256 g/mol. The van der Waals surface area contributed by atoms with Gasteiger partial charge in [0.1, 0.15) is 0 Å². The first-order valence-corrected chi connectivity index (χ1v) is 6.22. The Morgan fingerprint density at radius 1 is 1.26 bits per heavy atom. The second-order valence-corrected chi connectivity index (χ2v) is 4.22. The number of nitrogens with zero attached hydrogens (tertiary/aromatic N) is 1. The quantitative estimate of drug-likeness (QED) is 0.861. The molecule has 0 radical (unpaired) electrons. The fourth-order valence-electron chi connectivity index (χ4n) is 1.99. The van der Waals surface area contributed by atoms with Gasteiger partial charge in [-0.05, 0) is 24.1 Å². The number of carbonyl (C=O) groups is 1. The van der Waals surface area contributed by atoms with Crippen molar-refractivity contribution in [1.82, 2.24) is 4.98 Å². The Morgan fingerprint density at radius 3 is 2.63 bits per heavy atom. The van der Waals surface area contributed by atoms with E-state index in [4.69, 9.17) is 5.11 Å². The van der Waals surface area contributed by atoms with Gasteiger partial charge in [-0.15, -0.1) is 0 Å². The van der Waals surface area contributed by atoms with E-state index >= 15 is 0 Å². The van der Waals surface area contributed by atoms with Crippen LogP contribution in [0.1, 0.15) is 35.4 Å².